The molecule has 1 heterocycles. The zero-order valence-electron chi connectivity index (χ0n) is 13.0. The molecule has 0 atom stereocenters. The molecule has 1 aromatic carbocycles. The smallest absolute Gasteiger partial charge is 0.241 e. The molecular weight excluding hydrogens is 348 g/mol. The first-order chi connectivity index (χ1) is 11.5. The number of sulfonamides is 1. The molecule has 1 fully saturated rings. The van der Waals surface area contributed by atoms with E-state index in [4.69, 9.17) is 11.6 Å². The molecular formula is C17H19ClN2O3S. The van der Waals surface area contributed by atoms with Crippen LogP contribution < -0.4 is 4.72 Å². The van der Waals surface area contributed by atoms with Crippen LogP contribution in [0.2, 0.25) is 5.02 Å². The normalized spacial score (nSPS) is 21.6. The van der Waals surface area contributed by atoms with E-state index in [0.29, 0.717) is 41.8 Å². The van der Waals surface area contributed by atoms with Crippen LogP contribution >= 0.6 is 11.6 Å². The molecule has 0 radical (unpaired) electrons. The van der Waals surface area contributed by atoms with Crippen molar-refractivity contribution >= 4 is 21.6 Å². The average Bonchev–Trinajstić information content (AvgIpc) is 2.57. The number of aliphatic hydroxyl groups excluding tert-OH is 1. The summed E-state index contributed by atoms with van der Waals surface area (Å²) in [7, 11) is -3.72. The van der Waals surface area contributed by atoms with Gasteiger partial charge in [-0.3, -0.25) is 4.98 Å². The number of aliphatic hydroxyl groups is 1. The maximum absolute atomic E-state index is 12.9. The lowest BCUT2D eigenvalue weighted by atomic mass is 9.94. The van der Waals surface area contributed by atoms with Crippen molar-refractivity contribution < 1.29 is 13.5 Å². The fourth-order valence-electron chi connectivity index (χ4n) is 3.00. The molecule has 1 aliphatic carbocycles. The van der Waals surface area contributed by atoms with E-state index >= 15 is 0 Å². The van der Waals surface area contributed by atoms with Gasteiger partial charge >= 0.3 is 0 Å². The highest BCUT2D eigenvalue weighted by Crippen LogP contribution is 2.34. The Morgan fingerprint density at radius 3 is 2.54 bits per heavy atom. The highest BCUT2D eigenvalue weighted by atomic mass is 35.5. The van der Waals surface area contributed by atoms with Crippen molar-refractivity contribution in [3.8, 4) is 11.1 Å². The second-order valence-electron chi connectivity index (χ2n) is 5.98. The minimum atomic E-state index is -3.72. The first-order valence-electron chi connectivity index (χ1n) is 7.86. The number of rotatable bonds is 4. The van der Waals surface area contributed by atoms with Gasteiger partial charge in [-0.1, -0.05) is 23.7 Å². The highest BCUT2D eigenvalue weighted by Gasteiger charge is 2.27. The summed E-state index contributed by atoms with van der Waals surface area (Å²) in [6.07, 6.45) is 5.36. The summed E-state index contributed by atoms with van der Waals surface area (Å²) in [5, 5.41) is 9.94. The number of nitrogens with one attached hydrogen (secondary N) is 1. The molecule has 1 aromatic heterocycles. The van der Waals surface area contributed by atoms with E-state index in [2.05, 4.69) is 9.71 Å². The van der Waals surface area contributed by atoms with Crippen LogP contribution in [0.15, 0.2) is 47.6 Å². The van der Waals surface area contributed by atoms with Crippen molar-refractivity contribution in [1.82, 2.24) is 9.71 Å². The van der Waals surface area contributed by atoms with Crippen LogP contribution in [-0.2, 0) is 10.0 Å². The Bertz CT molecular complexity index is 804. The molecule has 0 aliphatic heterocycles. The number of halogens is 1. The van der Waals surface area contributed by atoms with Crippen LogP contribution in [0.3, 0.4) is 0 Å². The molecule has 7 heteroatoms. The topological polar surface area (TPSA) is 79.3 Å². The molecule has 3 rings (SSSR count). The fourth-order valence-corrected chi connectivity index (χ4v) is 4.89. The number of aromatic nitrogens is 1. The lowest BCUT2D eigenvalue weighted by molar-refractivity contribution is 0.120. The Labute approximate surface area is 146 Å². The zero-order valence-corrected chi connectivity index (χ0v) is 14.6. The third kappa shape index (κ3) is 3.78. The van der Waals surface area contributed by atoms with Gasteiger partial charge in [0.15, 0.2) is 0 Å². The van der Waals surface area contributed by atoms with Crippen molar-refractivity contribution in [2.45, 2.75) is 42.7 Å². The minimum absolute atomic E-state index is 0.147. The van der Waals surface area contributed by atoms with Crippen molar-refractivity contribution in [2.24, 2.45) is 0 Å². The third-order valence-corrected chi connectivity index (χ3v) is 6.11. The molecule has 2 N–H and O–H groups in total. The second kappa shape index (κ2) is 7.19. The second-order valence-corrected chi connectivity index (χ2v) is 8.07. The van der Waals surface area contributed by atoms with Crippen LogP contribution in [0.5, 0.6) is 0 Å². The summed E-state index contributed by atoms with van der Waals surface area (Å²) >= 11 is 6.28. The van der Waals surface area contributed by atoms with E-state index in [-0.39, 0.29) is 17.0 Å². The van der Waals surface area contributed by atoms with Crippen molar-refractivity contribution in [3.05, 3.63) is 47.7 Å². The average molecular weight is 367 g/mol. The molecule has 1 saturated carbocycles. The maximum Gasteiger partial charge on any atom is 0.241 e. The van der Waals surface area contributed by atoms with E-state index in [1.54, 1.807) is 42.7 Å². The molecule has 0 bridgehead atoms. The van der Waals surface area contributed by atoms with Gasteiger partial charge in [0, 0.05) is 34.6 Å². The molecule has 5 nitrogen and oxygen atoms in total. The van der Waals surface area contributed by atoms with Gasteiger partial charge in [0.1, 0.15) is 0 Å². The van der Waals surface area contributed by atoms with Crippen LogP contribution in [-0.4, -0.2) is 30.7 Å². The molecule has 0 amide bonds. The lowest BCUT2D eigenvalue weighted by Gasteiger charge is -2.26. The third-order valence-electron chi connectivity index (χ3n) is 4.23. The molecule has 0 spiro atoms. The predicted octanol–water partition coefficient (Wildman–Crippen LogP) is 2.98. The van der Waals surface area contributed by atoms with Gasteiger partial charge in [-0.25, -0.2) is 13.1 Å². The first kappa shape index (κ1) is 17.4. The maximum atomic E-state index is 12.9. The predicted molar refractivity (Wildman–Crippen MR) is 93.3 cm³/mol. The minimum Gasteiger partial charge on any atom is -0.393 e. The Morgan fingerprint density at radius 2 is 1.88 bits per heavy atom. The molecule has 0 unspecified atom stereocenters. The summed E-state index contributed by atoms with van der Waals surface area (Å²) in [6, 6.07) is 8.20. The van der Waals surface area contributed by atoms with E-state index in [0.717, 1.165) is 0 Å². The van der Waals surface area contributed by atoms with Gasteiger partial charge < -0.3 is 5.11 Å². The zero-order chi connectivity index (χ0) is 17.2. The standard InChI is InChI=1S/C17H19ClN2O3S/c18-15-4-1-5-16(17(15)12-3-2-10-19-11-12)24(22,23)20-13-6-8-14(21)9-7-13/h1-5,10-11,13-14,20-21H,6-9H2. The Hall–Kier alpha value is -1.47. The number of nitrogens with zero attached hydrogens (tertiary/aromatic N) is 1. The number of hydrogen-bond donors (Lipinski definition) is 2. The summed E-state index contributed by atoms with van der Waals surface area (Å²) in [5.41, 5.74) is 1.11. The summed E-state index contributed by atoms with van der Waals surface area (Å²) < 4.78 is 28.5. The van der Waals surface area contributed by atoms with Gasteiger partial charge in [0.05, 0.1) is 11.0 Å². The largest absolute Gasteiger partial charge is 0.393 e. The SMILES string of the molecule is O=S(=O)(NC1CCC(O)CC1)c1cccc(Cl)c1-c1cccnc1. The fraction of sp³-hybridized carbons (Fsp3) is 0.353. The van der Waals surface area contributed by atoms with E-state index in [1.807, 2.05) is 0 Å². The van der Waals surface area contributed by atoms with Gasteiger partial charge in [-0.05, 0) is 43.9 Å². The van der Waals surface area contributed by atoms with Crippen molar-refractivity contribution in [1.29, 1.82) is 0 Å². The van der Waals surface area contributed by atoms with Crippen LogP contribution in [0, 0.1) is 0 Å². The summed E-state index contributed by atoms with van der Waals surface area (Å²) in [5.74, 6) is 0. The quantitative estimate of drug-likeness (QED) is 0.871. The molecule has 2 aromatic rings. The monoisotopic (exact) mass is 366 g/mol. The van der Waals surface area contributed by atoms with Crippen molar-refractivity contribution in [2.75, 3.05) is 0 Å². The van der Waals surface area contributed by atoms with Gasteiger partial charge in [-0.15, -0.1) is 0 Å². The summed E-state index contributed by atoms with van der Waals surface area (Å²) in [4.78, 5) is 4.20. The van der Waals surface area contributed by atoms with E-state index in [9.17, 15) is 13.5 Å². The lowest BCUT2D eigenvalue weighted by Crippen LogP contribution is -2.38. The molecule has 0 saturated heterocycles. The molecule has 1 aliphatic rings. The molecule has 128 valence electrons. The number of benzene rings is 1. The van der Waals surface area contributed by atoms with Crippen LogP contribution in [0.1, 0.15) is 25.7 Å². The van der Waals surface area contributed by atoms with E-state index < -0.39 is 10.0 Å². The Balaban J connectivity index is 1.95. The van der Waals surface area contributed by atoms with Crippen LogP contribution in [0.4, 0.5) is 0 Å². The van der Waals surface area contributed by atoms with Crippen molar-refractivity contribution in [3.63, 3.8) is 0 Å². The highest BCUT2D eigenvalue weighted by molar-refractivity contribution is 7.89. The Morgan fingerprint density at radius 1 is 1.12 bits per heavy atom. The number of pyridine rings is 1. The van der Waals surface area contributed by atoms with Gasteiger partial charge in [0.2, 0.25) is 10.0 Å². The Kier molecular flexibility index (Phi) is 5.20. The first-order valence-corrected chi connectivity index (χ1v) is 9.73. The number of hydrogen-bond acceptors (Lipinski definition) is 4. The van der Waals surface area contributed by atoms with Crippen LogP contribution in [0.25, 0.3) is 11.1 Å². The summed E-state index contributed by atoms with van der Waals surface area (Å²) in [6.45, 7) is 0. The van der Waals surface area contributed by atoms with Gasteiger partial charge in [-0.2, -0.15) is 0 Å². The van der Waals surface area contributed by atoms with Gasteiger partial charge in [0.25, 0.3) is 0 Å². The van der Waals surface area contributed by atoms with E-state index in [1.165, 1.54) is 0 Å². The molecule has 24 heavy (non-hydrogen) atoms.